The lowest BCUT2D eigenvalue weighted by atomic mass is 10.0. The van der Waals surface area contributed by atoms with Crippen molar-refractivity contribution in [3.05, 3.63) is 0 Å². The van der Waals surface area contributed by atoms with Gasteiger partial charge in [0, 0.05) is 6.54 Å². The van der Waals surface area contributed by atoms with Gasteiger partial charge in [-0.05, 0) is 20.0 Å². The normalized spacial score (nSPS) is 15.9. The van der Waals surface area contributed by atoms with Gasteiger partial charge in [0.2, 0.25) is 0 Å². The molecule has 0 saturated carbocycles. The third-order valence-electron chi connectivity index (χ3n) is 6.22. The zero-order valence-corrected chi connectivity index (χ0v) is 20.4. The standard InChI is InChI=1S/C25H53NO5/c1-3-4-5-6-7-8-9-10-11-12-13-14-15-16-17-18-19-26(2)20-22(28)24(30)25(31)23(29)21-27/h22-25,27-31H,3-21H2,1-2H3/t22-,23+,24+,25+/m0/s1. The minimum absolute atomic E-state index is 0.217. The molecule has 6 heteroatoms. The van der Waals surface area contributed by atoms with Crippen molar-refractivity contribution in [3.63, 3.8) is 0 Å². The minimum Gasteiger partial charge on any atom is -0.394 e. The maximum atomic E-state index is 9.99. The molecule has 0 heterocycles. The molecule has 0 amide bonds. The molecule has 0 unspecified atom stereocenters. The van der Waals surface area contributed by atoms with Crippen LogP contribution in [0.15, 0.2) is 0 Å². The van der Waals surface area contributed by atoms with Crippen LogP contribution in [0, 0.1) is 0 Å². The van der Waals surface area contributed by atoms with Gasteiger partial charge in [-0.15, -0.1) is 0 Å². The van der Waals surface area contributed by atoms with Crippen LogP contribution < -0.4 is 0 Å². The van der Waals surface area contributed by atoms with E-state index in [9.17, 15) is 20.4 Å². The van der Waals surface area contributed by atoms with E-state index < -0.39 is 31.0 Å². The first kappa shape index (κ1) is 30.8. The van der Waals surface area contributed by atoms with Crippen molar-refractivity contribution in [1.82, 2.24) is 4.90 Å². The highest BCUT2D eigenvalue weighted by Crippen LogP contribution is 2.14. The van der Waals surface area contributed by atoms with Gasteiger partial charge in [0.1, 0.15) is 18.3 Å². The molecule has 0 spiro atoms. The fourth-order valence-electron chi connectivity index (χ4n) is 4.01. The molecule has 6 nitrogen and oxygen atoms in total. The maximum Gasteiger partial charge on any atom is 0.111 e. The summed E-state index contributed by atoms with van der Waals surface area (Å²) in [6, 6.07) is 0. The van der Waals surface area contributed by atoms with Crippen molar-refractivity contribution < 1.29 is 25.5 Å². The summed E-state index contributed by atoms with van der Waals surface area (Å²) >= 11 is 0. The van der Waals surface area contributed by atoms with Crippen LogP contribution in [0.5, 0.6) is 0 Å². The molecule has 0 saturated heterocycles. The van der Waals surface area contributed by atoms with E-state index in [4.69, 9.17) is 5.11 Å². The van der Waals surface area contributed by atoms with E-state index in [1.54, 1.807) is 0 Å². The summed E-state index contributed by atoms with van der Waals surface area (Å²) in [7, 11) is 1.87. The molecule has 0 radical (unpaired) electrons. The summed E-state index contributed by atoms with van der Waals surface area (Å²) in [6.45, 7) is 2.65. The smallest absolute Gasteiger partial charge is 0.111 e. The van der Waals surface area contributed by atoms with Gasteiger partial charge in [-0.1, -0.05) is 103 Å². The third kappa shape index (κ3) is 17.9. The largest absolute Gasteiger partial charge is 0.394 e. The molecule has 0 aromatic heterocycles. The lowest BCUT2D eigenvalue weighted by molar-refractivity contribution is -0.118. The summed E-state index contributed by atoms with van der Waals surface area (Å²) < 4.78 is 0. The Bertz CT molecular complexity index is 372. The molecular formula is C25H53NO5. The average Bonchev–Trinajstić information content (AvgIpc) is 2.77. The number of hydrogen-bond donors (Lipinski definition) is 5. The maximum absolute atomic E-state index is 9.99. The van der Waals surface area contributed by atoms with Crippen LogP contribution in [0.2, 0.25) is 0 Å². The van der Waals surface area contributed by atoms with Gasteiger partial charge in [-0.25, -0.2) is 0 Å². The Morgan fingerprint density at radius 2 is 0.903 bits per heavy atom. The molecule has 4 atom stereocenters. The summed E-state index contributed by atoms with van der Waals surface area (Å²) in [5, 5.41) is 47.7. The van der Waals surface area contributed by atoms with Crippen LogP contribution in [0.1, 0.15) is 110 Å². The number of nitrogens with zero attached hydrogens (tertiary/aromatic N) is 1. The highest BCUT2D eigenvalue weighted by molar-refractivity contribution is 4.82. The van der Waals surface area contributed by atoms with Crippen molar-refractivity contribution in [2.24, 2.45) is 0 Å². The van der Waals surface area contributed by atoms with Gasteiger partial charge in [0.05, 0.1) is 12.7 Å². The van der Waals surface area contributed by atoms with E-state index in [-0.39, 0.29) is 6.54 Å². The SMILES string of the molecule is CCCCCCCCCCCCCCCCCCN(C)C[C@H](O)[C@@H](O)[C@H](O)[C@H](O)CO. The number of rotatable bonds is 23. The molecule has 0 rings (SSSR count). The van der Waals surface area contributed by atoms with E-state index in [1.807, 2.05) is 11.9 Å². The Labute approximate surface area is 191 Å². The van der Waals surface area contributed by atoms with Gasteiger partial charge in [-0.3, -0.25) is 0 Å². The molecule has 5 N–H and O–H groups in total. The number of aliphatic hydroxyl groups is 5. The lowest BCUT2D eigenvalue weighted by Gasteiger charge is -2.28. The number of aliphatic hydroxyl groups excluding tert-OH is 5. The van der Waals surface area contributed by atoms with Crippen LogP contribution in [0.3, 0.4) is 0 Å². The van der Waals surface area contributed by atoms with Gasteiger partial charge in [-0.2, -0.15) is 0 Å². The van der Waals surface area contributed by atoms with Crippen LogP contribution in [-0.4, -0.2) is 81.6 Å². The zero-order valence-electron chi connectivity index (χ0n) is 20.4. The van der Waals surface area contributed by atoms with E-state index in [0.29, 0.717) is 0 Å². The average molecular weight is 448 g/mol. The Morgan fingerprint density at radius 1 is 0.548 bits per heavy atom. The molecule has 0 aliphatic carbocycles. The molecule has 31 heavy (non-hydrogen) atoms. The molecule has 0 fully saturated rings. The third-order valence-corrected chi connectivity index (χ3v) is 6.22. The Balaban J connectivity index is 3.45. The highest BCUT2D eigenvalue weighted by Gasteiger charge is 2.30. The minimum atomic E-state index is -1.55. The second kappa shape index (κ2) is 21.6. The molecule has 0 aromatic carbocycles. The summed E-state index contributed by atoms with van der Waals surface area (Å²) in [5.74, 6) is 0. The predicted octanol–water partition coefficient (Wildman–Crippen LogP) is 3.62. The van der Waals surface area contributed by atoms with Crippen LogP contribution in [0.25, 0.3) is 0 Å². The molecule has 0 aromatic rings. The van der Waals surface area contributed by atoms with Crippen molar-refractivity contribution in [2.45, 2.75) is 134 Å². The van der Waals surface area contributed by atoms with Crippen molar-refractivity contribution in [3.8, 4) is 0 Å². The van der Waals surface area contributed by atoms with Gasteiger partial charge in [0.25, 0.3) is 0 Å². The first-order valence-electron chi connectivity index (χ1n) is 13.0. The number of hydrogen-bond acceptors (Lipinski definition) is 6. The first-order valence-corrected chi connectivity index (χ1v) is 13.0. The fourth-order valence-corrected chi connectivity index (χ4v) is 4.01. The Hall–Kier alpha value is -0.240. The van der Waals surface area contributed by atoms with E-state index in [2.05, 4.69) is 6.92 Å². The van der Waals surface area contributed by atoms with Gasteiger partial charge in [0.15, 0.2) is 0 Å². The van der Waals surface area contributed by atoms with Crippen molar-refractivity contribution >= 4 is 0 Å². The molecule has 188 valence electrons. The topological polar surface area (TPSA) is 104 Å². The van der Waals surface area contributed by atoms with E-state index >= 15 is 0 Å². The van der Waals surface area contributed by atoms with Crippen LogP contribution in [0.4, 0.5) is 0 Å². The molecule has 0 bridgehead atoms. The lowest BCUT2D eigenvalue weighted by Crippen LogP contribution is -2.49. The second-order valence-electron chi connectivity index (χ2n) is 9.36. The van der Waals surface area contributed by atoms with Gasteiger partial charge >= 0.3 is 0 Å². The monoisotopic (exact) mass is 447 g/mol. The highest BCUT2D eigenvalue weighted by atomic mass is 16.4. The van der Waals surface area contributed by atoms with Crippen LogP contribution in [-0.2, 0) is 0 Å². The Kier molecular flexibility index (Phi) is 21.4. The van der Waals surface area contributed by atoms with E-state index in [1.165, 1.54) is 89.9 Å². The molecule has 0 aliphatic heterocycles. The second-order valence-corrected chi connectivity index (χ2v) is 9.36. The zero-order chi connectivity index (χ0) is 23.3. The predicted molar refractivity (Wildman–Crippen MR) is 128 cm³/mol. The van der Waals surface area contributed by atoms with Crippen LogP contribution >= 0.6 is 0 Å². The Morgan fingerprint density at radius 3 is 1.29 bits per heavy atom. The summed E-state index contributed by atoms with van der Waals surface area (Å²) in [6.07, 6.45) is 15.7. The van der Waals surface area contributed by atoms with Crippen molar-refractivity contribution in [2.75, 3.05) is 26.7 Å². The number of unbranched alkanes of at least 4 members (excludes halogenated alkanes) is 15. The summed E-state index contributed by atoms with van der Waals surface area (Å²) in [4.78, 5) is 1.93. The number of likely N-dealkylation sites (N-methyl/N-ethyl adjacent to an activating group) is 1. The quantitative estimate of drug-likeness (QED) is 0.153. The first-order chi connectivity index (χ1) is 14.9. The summed E-state index contributed by atoms with van der Waals surface area (Å²) in [5.41, 5.74) is 0. The van der Waals surface area contributed by atoms with E-state index in [0.717, 1.165) is 19.4 Å². The molecular weight excluding hydrogens is 394 g/mol. The molecule has 0 aliphatic rings. The van der Waals surface area contributed by atoms with Gasteiger partial charge < -0.3 is 30.4 Å². The van der Waals surface area contributed by atoms with Crippen molar-refractivity contribution in [1.29, 1.82) is 0 Å². The fraction of sp³-hybridized carbons (Fsp3) is 1.00.